The zero-order valence-corrected chi connectivity index (χ0v) is 12.9. The van der Waals surface area contributed by atoms with Crippen LogP contribution in [-0.2, 0) is 9.59 Å². The standard InChI is InChI=1S/C16H12Cl2N2O2/c17-11-1-5-13(6-2-11)19-15(21)9-10-16(22)20-14-7-3-12(18)4-8-14/h1-10H,(H,19,21)(H,20,22)/b10-9+. The van der Waals surface area contributed by atoms with Gasteiger partial charge in [0.1, 0.15) is 0 Å². The Morgan fingerprint density at radius 1 is 0.682 bits per heavy atom. The fourth-order valence-corrected chi connectivity index (χ4v) is 1.84. The van der Waals surface area contributed by atoms with Crippen molar-refractivity contribution in [1.29, 1.82) is 0 Å². The number of halogens is 2. The molecule has 0 aromatic heterocycles. The summed E-state index contributed by atoms with van der Waals surface area (Å²) in [6.45, 7) is 0. The number of anilines is 2. The molecule has 0 bridgehead atoms. The van der Waals surface area contributed by atoms with Crippen LogP contribution in [0.4, 0.5) is 11.4 Å². The van der Waals surface area contributed by atoms with Gasteiger partial charge >= 0.3 is 0 Å². The fraction of sp³-hybridized carbons (Fsp3) is 0. The first-order chi connectivity index (χ1) is 10.5. The molecule has 4 nitrogen and oxygen atoms in total. The van der Waals surface area contributed by atoms with Crippen LogP contribution < -0.4 is 10.6 Å². The van der Waals surface area contributed by atoms with Crippen molar-refractivity contribution in [2.24, 2.45) is 0 Å². The molecule has 0 aliphatic carbocycles. The van der Waals surface area contributed by atoms with Crippen molar-refractivity contribution < 1.29 is 9.59 Å². The summed E-state index contributed by atoms with van der Waals surface area (Å²) < 4.78 is 0. The van der Waals surface area contributed by atoms with E-state index in [0.29, 0.717) is 21.4 Å². The molecule has 22 heavy (non-hydrogen) atoms. The van der Waals surface area contributed by atoms with Crippen molar-refractivity contribution in [2.45, 2.75) is 0 Å². The van der Waals surface area contributed by atoms with E-state index in [4.69, 9.17) is 23.2 Å². The Morgan fingerprint density at radius 3 is 1.32 bits per heavy atom. The van der Waals surface area contributed by atoms with E-state index in [2.05, 4.69) is 10.6 Å². The van der Waals surface area contributed by atoms with Crippen LogP contribution in [0.2, 0.25) is 10.0 Å². The van der Waals surface area contributed by atoms with Crippen molar-refractivity contribution in [2.75, 3.05) is 10.6 Å². The summed E-state index contributed by atoms with van der Waals surface area (Å²) in [6.07, 6.45) is 2.31. The third-order valence-corrected chi connectivity index (χ3v) is 3.11. The first-order valence-electron chi connectivity index (χ1n) is 6.34. The summed E-state index contributed by atoms with van der Waals surface area (Å²) in [5.74, 6) is -0.817. The Balaban J connectivity index is 1.87. The van der Waals surface area contributed by atoms with E-state index in [1.54, 1.807) is 48.5 Å². The summed E-state index contributed by atoms with van der Waals surface area (Å²) in [5, 5.41) is 6.39. The highest BCUT2D eigenvalue weighted by molar-refractivity contribution is 6.31. The zero-order valence-electron chi connectivity index (χ0n) is 11.3. The third kappa shape index (κ3) is 5.24. The van der Waals surface area contributed by atoms with Crippen LogP contribution >= 0.6 is 23.2 Å². The van der Waals surface area contributed by atoms with Crippen LogP contribution in [0.1, 0.15) is 0 Å². The Labute approximate surface area is 137 Å². The second-order valence-corrected chi connectivity index (χ2v) is 5.20. The van der Waals surface area contributed by atoms with Crippen LogP contribution in [0, 0.1) is 0 Å². The molecule has 0 heterocycles. The average Bonchev–Trinajstić information content (AvgIpc) is 2.50. The summed E-state index contributed by atoms with van der Waals surface area (Å²) >= 11 is 11.5. The van der Waals surface area contributed by atoms with E-state index in [1.165, 1.54) is 0 Å². The van der Waals surface area contributed by atoms with E-state index >= 15 is 0 Å². The van der Waals surface area contributed by atoms with Crippen molar-refractivity contribution in [3.63, 3.8) is 0 Å². The molecule has 2 rings (SSSR count). The van der Waals surface area contributed by atoms with Crippen molar-refractivity contribution >= 4 is 46.4 Å². The molecule has 0 fully saturated rings. The Kier molecular flexibility index (Phi) is 5.58. The lowest BCUT2D eigenvalue weighted by molar-refractivity contribution is -0.114. The minimum atomic E-state index is -0.409. The number of hydrogen-bond donors (Lipinski definition) is 2. The smallest absolute Gasteiger partial charge is 0.248 e. The van der Waals surface area contributed by atoms with Gasteiger partial charge in [-0.25, -0.2) is 0 Å². The highest BCUT2D eigenvalue weighted by Crippen LogP contribution is 2.14. The molecule has 2 aromatic carbocycles. The minimum absolute atomic E-state index is 0.409. The lowest BCUT2D eigenvalue weighted by atomic mass is 10.3. The van der Waals surface area contributed by atoms with Crippen molar-refractivity contribution in [3.05, 3.63) is 70.7 Å². The molecular weight excluding hydrogens is 323 g/mol. The van der Waals surface area contributed by atoms with Gasteiger partial charge in [-0.05, 0) is 48.5 Å². The summed E-state index contributed by atoms with van der Waals surface area (Å²) in [7, 11) is 0. The molecule has 0 saturated heterocycles. The van der Waals surface area contributed by atoms with Gasteiger partial charge in [0.15, 0.2) is 0 Å². The van der Waals surface area contributed by atoms with Crippen LogP contribution in [0.15, 0.2) is 60.7 Å². The van der Waals surface area contributed by atoms with Gasteiger partial charge in [-0.15, -0.1) is 0 Å². The van der Waals surface area contributed by atoms with Crippen molar-refractivity contribution in [3.8, 4) is 0 Å². The predicted molar refractivity (Wildman–Crippen MR) is 89.3 cm³/mol. The molecule has 0 aliphatic heterocycles. The number of nitrogens with one attached hydrogen (secondary N) is 2. The monoisotopic (exact) mass is 334 g/mol. The van der Waals surface area contributed by atoms with Gasteiger partial charge < -0.3 is 10.6 Å². The van der Waals surface area contributed by atoms with Gasteiger partial charge in [-0.2, -0.15) is 0 Å². The lowest BCUT2D eigenvalue weighted by Crippen LogP contribution is -2.11. The van der Waals surface area contributed by atoms with Crippen LogP contribution in [-0.4, -0.2) is 11.8 Å². The van der Waals surface area contributed by atoms with Crippen molar-refractivity contribution in [1.82, 2.24) is 0 Å². The maximum Gasteiger partial charge on any atom is 0.248 e. The van der Waals surface area contributed by atoms with Gasteiger partial charge in [0, 0.05) is 33.6 Å². The molecule has 0 radical (unpaired) electrons. The number of rotatable bonds is 4. The largest absolute Gasteiger partial charge is 0.323 e. The molecule has 0 spiro atoms. The Morgan fingerprint density at radius 2 is 1.00 bits per heavy atom. The maximum absolute atomic E-state index is 11.7. The molecule has 2 aromatic rings. The Bertz CT molecular complexity index is 634. The first-order valence-corrected chi connectivity index (χ1v) is 7.10. The first kappa shape index (κ1) is 16.1. The number of benzene rings is 2. The molecule has 6 heteroatoms. The summed E-state index contributed by atoms with van der Waals surface area (Å²) in [4.78, 5) is 23.3. The van der Waals surface area contributed by atoms with Gasteiger partial charge in [0.25, 0.3) is 0 Å². The van der Waals surface area contributed by atoms with E-state index in [-0.39, 0.29) is 0 Å². The zero-order chi connectivity index (χ0) is 15.9. The third-order valence-electron chi connectivity index (χ3n) is 2.61. The molecule has 2 amide bonds. The van der Waals surface area contributed by atoms with Gasteiger partial charge in [-0.1, -0.05) is 23.2 Å². The fourth-order valence-electron chi connectivity index (χ4n) is 1.59. The number of hydrogen-bond acceptors (Lipinski definition) is 2. The minimum Gasteiger partial charge on any atom is -0.323 e. The van der Waals surface area contributed by atoms with Gasteiger partial charge in [-0.3, -0.25) is 9.59 Å². The van der Waals surface area contributed by atoms with Gasteiger partial charge in [0.05, 0.1) is 0 Å². The van der Waals surface area contributed by atoms with E-state index in [0.717, 1.165) is 12.2 Å². The molecule has 2 N–H and O–H groups in total. The molecule has 0 unspecified atom stereocenters. The number of amides is 2. The number of carbonyl (C=O) groups is 2. The van der Waals surface area contributed by atoms with Gasteiger partial charge in [0.2, 0.25) is 11.8 Å². The number of carbonyl (C=O) groups excluding carboxylic acids is 2. The molecule has 112 valence electrons. The predicted octanol–water partition coefficient (Wildman–Crippen LogP) is 4.13. The highest BCUT2D eigenvalue weighted by Gasteiger charge is 2.01. The van der Waals surface area contributed by atoms with E-state index < -0.39 is 11.8 Å². The second-order valence-electron chi connectivity index (χ2n) is 4.33. The molecule has 0 atom stereocenters. The van der Waals surface area contributed by atoms with Crippen LogP contribution in [0.5, 0.6) is 0 Å². The summed E-state index contributed by atoms with van der Waals surface area (Å²) in [6, 6.07) is 13.3. The quantitative estimate of drug-likeness (QED) is 0.826. The van der Waals surface area contributed by atoms with Crippen LogP contribution in [0.25, 0.3) is 0 Å². The maximum atomic E-state index is 11.7. The topological polar surface area (TPSA) is 58.2 Å². The van der Waals surface area contributed by atoms with E-state index in [9.17, 15) is 9.59 Å². The molecule has 0 saturated carbocycles. The van der Waals surface area contributed by atoms with Crippen LogP contribution in [0.3, 0.4) is 0 Å². The molecule has 0 aliphatic rings. The SMILES string of the molecule is O=C(/C=C/C(=O)Nc1ccc(Cl)cc1)Nc1ccc(Cl)cc1. The second kappa shape index (κ2) is 7.64. The molecular formula is C16H12Cl2N2O2. The van der Waals surface area contributed by atoms with E-state index in [1.807, 2.05) is 0 Å². The average molecular weight is 335 g/mol. The lowest BCUT2D eigenvalue weighted by Gasteiger charge is -2.03. The summed E-state index contributed by atoms with van der Waals surface area (Å²) in [5.41, 5.74) is 1.19. The Hall–Kier alpha value is -2.30. The highest BCUT2D eigenvalue weighted by atomic mass is 35.5. The normalized spacial score (nSPS) is 10.5.